The summed E-state index contributed by atoms with van der Waals surface area (Å²) >= 11 is 13.0. The lowest BCUT2D eigenvalue weighted by molar-refractivity contribution is -0.143. The summed E-state index contributed by atoms with van der Waals surface area (Å²) in [5, 5.41) is 0. The zero-order valence-corrected chi connectivity index (χ0v) is 22.0. The topological polar surface area (TPSA) is 93.2 Å². The molecule has 2 fully saturated rings. The van der Waals surface area contributed by atoms with Crippen LogP contribution in [-0.4, -0.2) is 69.0 Å². The SMILES string of the molecule is CCOC(=O)CCCCCN1C(=O)C(=C2SC(=S)N(CCCCCC(=O)OC)C2=O)SC1=S. The molecule has 0 saturated carbocycles. The molecule has 2 saturated heterocycles. The fourth-order valence-corrected chi connectivity index (χ4v) is 5.99. The molecule has 12 heteroatoms. The first-order valence-corrected chi connectivity index (χ1v) is 13.3. The summed E-state index contributed by atoms with van der Waals surface area (Å²) in [5.41, 5.74) is 0. The third kappa shape index (κ3) is 8.04. The standard InChI is InChI=1S/C21H28N2O6S4/c1-3-29-15(25)11-7-5-9-13-23-19(27)17(33-21(23)31)16-18(26)22(20(30)32-16)12-8-4-6-10-14(24)28-2/h3-13H2,1-2H3. The van der Waals surface area contributed by atoms with Crippen LogP contribution in [0.3, 0.4) is 0 Å². The van der Waals surface area contributed by atoms with Crippen LogP contribution in [0.2, 0.25) is 0 Å². The lowest BCUT2D eigenvalue weighted by atomic mass is 10.2. The Labute approximate surface area is 213 Å². The molecule has 2 aliphatic heterocycles. The van der Waals surface area contributed by atoms with Crippen molar-refractivity contribution in [2.45, 2.75) is 58.3 Å². The quantitative estimate of drug-likeness (QED) is 0.151. The number of carbonyl (C=O) groups excluding carboxylic acids is 4. The van der Waals surface area contributed by atoms with E-state index in [-0.39, 0.29) is 23.8 Å². The second kappa shape index (κ2) is 14.0. The van der Waals surface area contributed by atoms with Crippen LogP contribution in [0.1, 0.15) is 58.3 Å². The Morgan fingerprint density at radius 2 is 1.24 bits per heavy atom. The summed E-state index contributed by atoms with van der Waals surface area (Å²) in [4.78, 5) is 52.1. The highest BCUT2D eigenvalue weighted by Crippen LogP contribution is 2.42. The van der Waals surface area contributed by atoms with Crippen molar-refractivity contribution < 1.29 is 28.7 Å². The molecule has 2 aliphatic rings. The molecule has 0 unspecified atom stereocenters. The van der Waals surface area contributed by atoms with Gasteiger partial charge in [0.15, 0.2) is 0 Å². The molecule has 0 aromatic rings. The van der Waals surface area contributed by atoms with Gasteiger partial charge in [-0.1, -0.05) is 60.8 Å². The third-order valence-corrected chi connectivity index (χ3v) is 7.99. The molecule has 2 amide bonds. The minimum atomic E-state index is -0.270. The van der Waals surface area contributed by atoms with Gasteiger partial charge in [0.05, 0.1) is 23.5 Å². The van der Waals surface area contributed by atoms with Crippen molar-refractivity contribution in [2.24, 2.45) is 0 Å². The fourth-order valence-electron chi connectivity index (χ4n) is 3.22. The Balaban J connectivity index is 1.85. The first-order chi connectivity index (χ1) is 15.8. The molecule has 182 valence electrons. The third-order valence-electron chi connectivity index (χ3n) is 4.96. The Hall–Kier alpha value is -1.50. The predicted molar refractivity (Wildman–Crippen MR) is 136 cm³/mol. The molecule has 33 heavy (non-hydrogen) atoms. The lowest BCUT2D eigenvalue weighted by Gasteiger charge is -2.14. The monoisotopic (exact) mass is 532 g/mol. The van der Waals surface area contributed by atoms with Gasteiger partial charge < -0.3 is 9.47 Å². The number of amides is 2. The normalized spacial score (nSPS) is 18.5. The van der Waals surface area contributed by atoms with Crippen LogP contribution < -0.4 is 0 Å². The van der Waals surface area contributed by atoms with E-state index in [4.69, 9.17) is 29.2 Å². The van der Waals surface area contributed by atoms with Crippen LogP contribution in [0.25, 0.3) is 0 Å². The maximum atomic E-state index is 12.9. The van der Waals surface area contributed by atoms with Crippen molar-refractivity contribution in [3.8, 4) is 0 Å². The average Bonchev–Trinajstić information content (AvgIpc) is 3.22. The predicted octanol–water partition coefficient (Wildman–Crippen LogP) is 3.78. The molecule has 0 aromatic carbocycles. The highest BCUT2D eigenvalue weighted by atomic mass is 32.2. The first-order valence-electron chi connectivity index (χ1n) is 10.8. The molecule has 0 aliphatic carbocycles. The number of rotatable bonds is 13. The second-order valence-corrected chi connectivity index (χ2v) is 10.6. The van der Waals surface area contributed by atoms with Crippen molar-refractivity contribution >= 4 is 80.4 Å². The molecule has 0 N–H and O–H groups in total. The number of hydrogen-bond acceptors (Lipinski definition) is 10. The van der Waals surface area contributed by atoms with E-state index in [1.807, 2.05) is 0 Å². The Morgan fingerprint density at radius 1 is 0.788 bits per heavy atom. The van der Waals surface area contributed by atoms with Gasteiger partial charge in [0.1, 0.15) is 8.64 Å². The van der Waals surface area contributed by atoms with Gasteiger partial charge in [-0.3, -0.25) is 29.0 Å². The zero-order chi connectivity index (χ0) is 24.4. The van der Waals surface area contributed by atoms with E-state index in [1.54, 1.807) is 6.92 Å². The molecule has 2 rings (SSSR count). The van der Waals surface area contributed by atoms with E-state index in [2.05, 4.69) is 4.74 Å². The minimum absolute atomic E-state index is 0.214. The highest BCUT2D eigenvalue weighted by molar-refractivity contribution is 8.29. The number of carbonyl (C=O) groups is 4. The van der Waals surface area contributed by atoms with Gasteiger partial charge in [0, 0.05) is 25.9 Å². The van der Waals surface area contributed by atoms with Crippen LogP contribution >= 0.6 is 48.0 Å². The Kier molecular flexibility index (Phi) is 11.8. The molecule has 2 heterocycles. The molecule has 0 bridgehead atoms. The summed E-state index contributed by atoms with van der Waals surface area (Å²) in [6.45, 7) is 3.03. The fraction of sp³-hybridized carbons (Fsp3) is 0.619. The molecule has 0 atom stereocenters. The van der Waals surface area contributed by atoms with Gasteiger partial charge >= 0.3 is 11.9 Å². The minimum Gasteiger partial charge on any atom is -0.469 e. The van der Waals surface area contributed by atoms with Gasteiger partial charge in [0.25, 0.3) is 11.8 Å². The van der Waals surface area contributed by atoms with Gasteiger partial charge in [-0.2, -0.15) is 0 Å². The molecule has 0 radical (unpaired) electrons. The number of nitrogens with zero attached hydrogens (tertiary/aromatic N) is 2. The molecular weight excluding hydrogens is 505 g/mol. The summed E-state index contributed by atoms with van der Waals surface area (Å²) < 4.78 is 10.4. The number of esters is 2. The highest BCUT2D eigenvalue weighted by Gasteiger charge is 2.41. The zero-order valence-electron chi connectivity index (χ0n) is 18.8. The molecular formula is C21H28N2O6S4. The van der Waals surface area contributed by atoms with Crippen LogP contribution in [0.5, 0.6) is 0 Å². The molecule has 8 nitrogen and oxygen atoms in total. The second-order valence-electron chi connectivity index (χ2n) is 7.31. The summed E-state index contributed by atoms with van der Waals surface area (Å²) in [6, 6.07) is 0. The number of methoxy groups -OCH3 is 1. The Morgan fingerprint density at radius 3 is 1.67 bits per heavy atom. The van der Waals surface area contributed by atoms with E-state index in [9.17, 15) is 19.2 Å². The van der Waals surface area contributed by atoms with Gasteiger partial charge in [0.2, 0.25) is 0 Å². The number of hydrogen-bond donors (Lipinski definition) is 0. The van der Waals surface area contributed by atoms with Crippen LogP contribution in [0.4, 0.5) is 0 Å². The van der Waals surface area contributed by atoms with Crippen molar-refractivity contribution in [3.63, 3.8) is 0 Å². The molecule has 0 spiro atoms. The van der Waals surface area contributed by atoms with E-state index in [0.717, 1.165) is 36.4 Å². The maximum absolute atomic E-state index is 12.9. The van der Waals surface area contributed by atoms with Crippen molar-refractivity contribution in [2.75, 3.05) is 26.8 Å². The summed E-state index contributed by atoms with van der Waals surface area (Å²) in [6.07, 6.45) is 5.00. The van der Waals surface area contributed by atoms with Crippen LogP contribution in [0, 0.1) is 0 Å². The van der Waals surface area contributed by atoms with E-state index < -0.39 is 0 Å². The van der Waals surface area contributed by atoms with Crippen molar-refractivity contribution in [1.82, 2.24) is 9.80 Å². The number of ether oxygens (including phenoxy) is 2. The molecule has 0 aromatic heterocycles. The smallest absolute Gasteiger partial charge is 0.305 e. The summed E-state index contributed by atoms with van der Waals surface area (Å²) in [7, 11) is 1.36. The first kappa shape index (κ1) is 27.7. The number of unbranched alkanes of at least 4 members (excludes halogenated alkanes) is 4. The van der Waals surface area contributed by atoms with E-state index in [0.29, 0.717) is 76.7 Å². The van der Waals surface area contributed by atoms with E-state index in [1.165, 1.54) is 16.9 Å². The van der Waals surface area contributed by atoms with Crippen LogP contribution in [0.15, 0.2) is 9.81 Å². The van der Waals surface area contributed by atoms with Gasteiger partial charge in [-0.15, -0.1) is 0 Å². The average molecular weight is 533 g/mol. The number of thiocarbonyl (C=S) groups is 2. The van der Waals surface area contributed by atoms with Gasteiger partial charge in [-0.05, 0) is 32.6 Å². The Bertz CT molecular complexity index is 845. The maximum Gasteiger partial charge on any atom is 0.305 e. The van der Waals surface area contributed by atoms with E-state index >= 15 is 0 Å². The number of thioether (sulfide) groups is 2. The summed E-state index contributed by atoms with van der Waals surface area (Å²) in [5.74, 6) is -1.00. The van der Waals surface area contributed by atoms with Gasteiger partial charge in [-0.25, -0.2) is 0 Å². The lowest BCUT2D eigenvalue weighted by Crippen LogP contribution is -2.31. The van der Waals surface area contributed by atoms with Crippen molar-refractivity contribution in [3.05, 3.63) is 9.81 Å². The largest absolute Gasteiger partial charge is 0.469 e. The van der Waals surface area contributed by atoms with Crippen molar-refractivity contribution in [1.29, 1.82) is 0 Å². The van der Waals surface area contributed by atoms with Crippen LogP contribution in [-0.2, 0) is 28.7 Å².